The van der Waals surface area contributed by atoms with Crippen molar-refractivity contribution in [2.45, 2.75) is 24.8 Å². The van der Waals surface area contributed by atoms with E-state index < -0.39 is 10.0 Å². The van der Waals surface area contributed by atoms with Crippen LogP contribution in [-0.2, 0) is 10.0 Å². The number of likely N-dealkylation sites (N-methyl/N-ethyl adjacent to an activating group) is 1. The van der Waals surface area contributed by atoms with Crippen LogP contribution in [0.2, 0.25) is 5.02 Å². The highest BCUT2D eigenvalue weighted by Gasteiger charge is 2.38. The zero-order chi connectivity index (χ0) is 15.9. The van der Waals surface area contributed by atoms with E-state index in [1.807, 2.05) is 14.1 Å². The van der Waals surface area contributed by atoms with Gasteiger partial charge in [0.15, 0.2) is 0 Å². The lowest BCUT2D eigenvalue weighted by atomic mass is 10.1. The molecule has 1 fully saturated rings. The van der Waals surface area contributed by atoms with Crippen molar-refractivity contribution in [1.29, 1.82) is 0 Å². The van der Waals surface area contributed by atoms with Gasteiger partial charge in [-0.05, 0) is 44.6 Å². The van der Waals surface area contributed by atoms with E-state index in [1.54, 1.807) is 6.92 Å². The summed E-state index contributed by atoms with van der Waals surface area (Å²) in [4.78, 5) is 2.23. The summed E-state index contributed by atoms with van der Waals surface area (Å²) >= 11 is 6.07. The Kier molecular flexibility index (Phi) is 4.54. The fourth-order valence-corrected chi connectivity index (χ4v) is 4.66. The Morgan fingerprint density at radius 2 is 1.95 bits per heavy atom. The third-order valence-corrected chi connectivity index (χ3v) is 6.40. The quantitative estimate of drug-likeness (QED) is 0.858. The van der Waals surface area contributed by atoms with Gasteiger partial charge in [-0.3, -0.25) is 0 Å². The lowest BCUT2D eigenvalue weighted by Crippen LogP contribution is -2.35. The number of sulfonamides is 1. The molecule has 2 N–H and O–H groups in total. The minimum Gasteiger partial charge on any atom is -0.398 e. The molecule has 0 saturated carbocycles. The second-order valence-electron chi connectivity index (χ2n) is 5.95. The predicted molar refractivity (Wildman–Crippen MR) is 86.0 cm³/mol. The van der Waals surface area contributed by atoms with Crippen LogP contribution >= 0.6 is 11.6 Å². The van der Waals surface area contributed by atoms with Gasteiger partial charge in [-0.2, -0.15) is 4.31 Å². The fraction of sp³-hybridized carbons (Fsp3) is 0.571. The average Bonchev–Trinajstić information content (AvgIpc) is 2.78. The fourth-order valence-electron chi connectivity index (χ4n) is 2.75. The third-order valence-electron chi connectivity index (χ3n) is 4.20. The van der Waals surface area contributed by atoms with Gasteiger partial charge in [0.2, 0.25) is 10.0 Å². The van der Waals surface area contributed by atoms with E-state index in [1.165, 1.54) is 16.4 Å². The highest BCUT2D eigenvalue weighted by atomic mass is 35.5. The molecule has 5 nitrogen and oxygen atoms in total. The molecule has 0 aliphatic carbocycles. The molecular formula is C14H22ClN3O2S. The van der Waals surface area contributed by atoms with Crippen molar-refractivity contribution in [2.75, 3.05) is 32.9 Å². The largest absolute Gasteiger partial charge is 0.398 e. The Balaban J connectivity index is 2.36. The first-order valence-electron chi connectivity index (χ1n) is 6.86. The van der Waals surface area contributed by atoms with Crippen molar-refractivity contribution in [1.82, 2.24) is 9.21 Å². The van der Waals surface area contributed by atoms with Crippen molar-refractivity contribution in [3.05, 3.63) is 22.7 Å². The van der Waals surface area contributed by atoms with Crippen molar-refractivity contribution < 1.29 is 8.42 Å². The molecule has 1 aliphatic rings. The van der Waals surface area contributed by atoms with E-state index in [9.17, 15) is 8.42 Å². The van der Waals surface area contributed by atoms with Gasteiger partial charge in [0.1, 0.15) is 0 Å². The number of nitrogens with two attached hydrogens (primary N) is 1. The minimum absolute atomic E-state index is 0.169. The smallest absolute Gasteiger partial charge is 0.243 e. The van der Waals surface area contributed by atoms with Gasteiger partial charge in [0.25, 0.3) is 0 Å². The highest BCUT2D eigenvalue weighted by molar-refractivity contribution is 7.89. The molecule has 118 valence electrons. The summed E-state index contributed by atoms with van der Waals surface area (Å²) in [6.45, 7) is 4.84. The Bertz CT molecular complexity index is 623. The van der Waals surface area contributed by atoms with Crippen LogP contribution in [0.1, 0.15) is 12.5 Å². The molecule has 1 aliphatic heterocycles. The molecule has 1 heterocycles. The second-order valence-corrected chi connectivity index (χ2v) is 8.29. The second kappa shape index (κ2) is 5.76. The number of benzene rings is 1. The molecule has 21 heavy (non-hydrogen) atoms. The molecule has 0 spiro atoms. The molecule has 0 aromatic heterocycles. The molecule has 1 saturated heterocycles. The van der Waals surface area contributed by atoms with Gasteiger partial charge in [-0.25, -0.2) is 8.42 Å². The van der Waals surface area contributed by atoms with Crippen molar-refractivity contribution in [2.24, 2.45) is 5.92 Å². The molecule has 0 amide bonds. The number of hydrogen-bond acceptors (Lipinski definition) is 4. The molecule has 1 aromatic rings. The molecule has 1 aromatic carbocycles. The number of halogens is 1. The van der Waals surface area contributed by atoms with Crippen LogP contribution in [0.15, 0.2) is 17.0 Å². The van der Waals surface area contributed by atoms with Crippen LogP contribution in [0.4, 0.5) is 5.69 Å². The predicted octanol–water partition coefficient (Wildman–Crippen LogP) is 1.80. The SMILES string of the molecule is Cc1c(N)cc(S(=O)(=O)N2CC(C)C(N(C)C)C2)cc1Cl. The normalized spacial score (nSPS) is 23.9. The first kappa shape index (κ1) is 16.5. The maximum atomic E-state index is 12.8. The standard InChI is InChI=1S/C14H22ClN3O2S/c1-9-7-18(8-14(9)17(3)4)21(19,20)11-5-12(15)10(2)13(16)6-11/h5-6,9,14H,7-8,16H2,1-4H3. The van der Waals surface area contributed by atoms with Crippen LogP contribution in [0.3, 0.4) is 0 Å². The van der Waals surface area contributed by atoms with Crippen molar-refractivity contribution in [3.63, 3.8) is 0 Å². The summed E-state index contributed by atoms with van der Waals surface area (Å²) in [5.41, 5.74) is 6.95. The Morgan fingerprint density at radius 3 is 2.43 bits per heavy atom. The first-order valence-corrected chi connectivity index (χ1v) is 8.68. The van der Waals surface area contributed by atoms with Gasteiger partial charge in [-0.1, -0.05) is 18.5 Å². The van der Waals surface area contributed by atoms with Gasteiger partial charge in [-0.15, -0.1) is 0 Å². The van der Waals surface area contributed by atoms with Crippen molar-refractivity contribution >= 4 is 27.3 Å². The van der Waals surface area contributed by atoms with E-state index >= 15 is 0 Å². The summed E-state index contributed by atoms with van der Waals surface area (Å²) in [5.74, 6) is 0.285. The van der Waals surface area contributed by atoms with E-state index in [0.29, 0.717) is 29.4 Å². The summed E-state index contributed by atoms with van der Waals surface area (Å²) in [6.07, 6.45) is 0. The minimum atomic E-state index is -3.56. The molecule has 7 heteroatoms. The number of anilines is 1. The molecular weight excluding hydrogens is 310 g/mol. The Morgan fingerprint density at radius 1 is 1.33 bits per heavy atom. The van der Waals surface area contributed by atoms with E-state index in [4.69, 9.17) is 17.3 Å². The summed E-state index contributed by atoms with van der Waals surface area (Å²) in [7, 11) is 0.383. The molecule has 2 rings (SSSR count). The zero-order valence-electron chi connectivity index (χ0n) is 12.8. The van der Waals surface area contributed by atoms with Gasteiger partial charge in [0, 0.05) is 29.8 Å². The monoisotopic (exact) mass is 331 g/mol. The first-order chi connectivity index (χ1) is 9.64. The van der Waals surface area contributed by atoms with Crippen LogP contribution in [-0.4, -0.2) is 50.8 Å². The van der Waals surface area contributed by atoms with Crippen LogP contribution in [0, 0.1) is 12.8 Å². The number of nitrogen functional groups attached to an aromatic ring is 1. The maximum Gasteiger partial charge on any atom is 0.243 e. The summed E-state index contributed by atoms with van der Waals surface area (Å²) < 4.78 is 27.0. The summed E-state index contributed by atoms with van der Waals surface area (Å²) in [6, 6.07) is 3.19. The van der Waals surface area contributed by atoms with Gasteiger partial charge < -0.3 is 10.6 Å². The highest BCUT2D eigenvalue weighted by Crippen LogP contribution is 2.31. The van der Waals surface area contributed by atoms with Gasteiger partial charge >= 0.3 is 0 Å². The van der Waals surface area contributed by atoms with E-state index in [0.717, 1.165) is 0 Å². The topological polar surface area (TPSA) is 66.6 Å². The van der Waals surface area contributed by atoms with E-state index in [2.05, 4.69) is 11.8 Å². The molecule has 2 atom stereocenters. The lowest BCUT2D eigenvalue weighted by molar-refractivity contribution is 0.263. The lowest BCUT2D eigenvalue weighted by Gasteiger charge is -2.22. The number of rotatable bonds is 3. The maximum absolute atomic E-state index is 12.8. The van der Waals surface area contributed by atoms with Gasteiger partial charge in [0.05, 0.1) is 4.90 Å². The molecule has 0 bridgehead atoms. The van der Waals surface area contributed by atoms with Crippen LogP contribution in [0.5, 0.6) is 0 Å². The summed E-state index contributed by atoms with van der Waals surface area (Å²) in [5, 5.41) is 0.380. The van der Waals surface area contributed by atoms with Crippen LogP contribution in [0.25, 0.3) is 0 Å². The number of nitrogens with zero attached hydrogens (tertiary/aromatic N) is 2. The molecule has 2 unspecified atom stereocenters. The molecule has 0 radical (unpaired) electrons. The van der Waals surface area contributed by atoms with E-state index in [-0.39, 0.29) is 16.9 Å². The Hall–Kier alpha value is -0.820. The van der Waals surface area contributed by atoms with Crippen molar-refractivity contribution in [3.8, 4) is 0 Å². The Labute approximate surface area is 131 Å². The number of hydrogen-bond donors (Lipinski definition) is 1. The average molecular weight is 332 g/mol. The zero-order valence-corrected chi connectivity index (χ0v) is 14.4. The van der Waals surface area contributed by atoms with Crippen LogP contribution < -0.4 is 5.73 Å². The third kappa shape index (κ3) is 3.04.